The first-order chi connectivity index (χ1) is 11.7. The van der Waals surface area contributed by atoms with Gasteiger partial charge in [0.25, 0.3) is 5.91 Å². The van der Waals surface area contributed by atoms with Crippen LogP contribution in [-0.4, -0.2) is 68.4 Å². The van der Waals surface area contributed by atoms with Crippen LogP contribution in [0.4, 0.5) is 0 Å². The molecule has 1 atom stereocenters. The van der Waals surface area contributed by atoms with Crippen molar-refractivity contribution < 1.29 is 9.00 Å². The van der Waals surface area contributed by atoms with Gasteiger partial charge in [0.05, 0.1) is 17.0 Å². The van der Waals surface area contributed by atoms with E-state index in [0.717, 1.165) is 24.5 Å². The fourth-order valence-corrected chi connectivity index (χ4v) is 3.77. The summed E-state index contributed by atoms with van der Waals surface area (Å²) in [5, 5.41) is 0. The van der Waals surface area contributed by atoms with Gasteiger partial charge < -0.3 is 4.90 Å². The maximum Gasteiger partial charge on any atom is 0.274 e. The Hall–Kier alpha value is -2.12. The first kappa shape index (κ1) is 16.7. The van der Waals surface area contributed by atoms with Crippen LogP contribution in [0.1, 0.15) is 10.5 Å². The second-order valence-electron chi connectivity index (χ2n) is 5.59. The number of benzene rings is 1. The molecule has 1 aliphatic rings. The molecule has 3 rings (SSSR count). The third kappa shape index (κ3) is 4.24. The van der Waals surface area contributed by atoms with Gasteiger partial charge in [-0.05, 0) is 12.1 Å². The second kappa shape index (κ2) is 8.12. The molecule has 1 aliphatic heterocycles. The molecule has 126 valence electrons. The van der Waals surface area contributed by atoms with Crippen LogP contribution in [0.25, 0.3) is 0 Å². The molecular formula is C17H20N4O2S. The lowest BCUT2D eigenvalue weighted by atomic mass is 10.3. The van der Waals surface area contributed by atoms with Crippen molar-refractivity contribution in [3.8, 4) is 0 Å². The highest BCUT2D eigenvalue weighted by atomic mass is 32.2. The van der Waals surface area contributed by atoms with Crippen LogP contribution in [0.3, 0.4) is 0 Å². The highest BCUT2D eigenvalue weighted by Gasteiger charge is 2.23. The third-order valence-corrected chi connectivity index (χ3v) is 5.39. The van der Waals surface area contributed by atoms with Gasteiger partial charge in [-0.25, -0.2) is 4.98 Å². The summed E-state index contributed by atoms with van der Waals surface area (Å²) in [5.41, 5.74) is 0.385. The molecule has 1 fully saturated rings. The summed E-state index contributed by atoms with van der Waals surface area (Å²) in [4.78, 5) is 25.2. The molecule has 1 aromatic carbocycles. The van der Waals surface area contributed by atoms with Gasteiger partial charge in [0.2, 0.25) is 0 Å². The molecule has 7 heteroatoms. The summed E-state index contributed by atoms with van der Waals surface area (Å²) in [6.45, 7) is 3.67. The van der Waals surface area contributed by atoms with Gasteiger partial charge in [-0.3, -0.25) is 18.9 Å². The number of amides is 1. The molecule has 2 aromatic rings. The van der Waals surface area contributed by atoms with E-state index in [1.165, 1.54) is 12.4 Å². The predicted octanol–water partition coefficient (Wildman–Crippen LogP) is 1.04. The van der Waals surface area contributed by atoms with Crippen LogP contribution in [0.5, 0.6) is 0 Å². The Bertz CT molecular complexity index is 688. The highest BCUT2D eigenvalue weighted by Crippen LogP contribution is 2.09. The summed E-state index contributed by atoms with van der Waals surface area (Å²) < 4.78 is 12.2. The molecule has 1 aromatic heterocycles. The quantitative estimate of drug-likeness (QED) is 0.811. The summed E-state index contributed by atoms with van der Waals surface area (Å²) in [5.74, 6) is 0.540. The molecule has 0 saturated carbocycles. The first-order valence-electron chi connectivity index (χ1n) is 7.95. The predicted molar refractivity (Wildman–Crippen MR) is 92.1 cm³/mol. The minimum atomic E-state index is -0.973. The van der Waals surface area contributed by atoms with Gasteiger partial charge in [-0.1, -0.05) is 18.2 Å². The molecule has 24 heavy (non-hydrogen) atoms. The van der Waals surface area contributed by atoms with E-state index in [-0.39, 0.29) is 5.91 Å². The van der Waals surface area contributed by atoms with Crippen LogP contribution in [-0.2, 0) is 10.8 Å². The monoisotopic (exact) mass is 344 g/mol. The Labute approximate surface area is 144 Å². The Balaban J connectivity index is 1.46. The van der Waals surface area contributed by atoms with Crippen LogP contribution in [0.15, 0.2) is 53.8 Å². The van der Waals surface area contributed by atoms with Gasteiger partial charge in [0, 0.05) is 55.8 Å². The van der Waals surface area contributed by atoms with Gasteiger partial charge >= 0.3 is 0 Å². The van der Waals surface area contributed by atoms with Crippen LogP contribution in [0.2, 0.25) is 0 Å². The van der Waals surface area contributed by atoms with Crippen molar-refractivity contribution in [3.63, 3.8) is 0 Å². The fraction of sp³-hybridized carbons (Fsp3) is 0.353. The van der Waals surface area contributed by atoms with E-state index >= 15 is 0 Å². The first-order valence-corrected chi connectivity index (χ1v) is 9.27. The third-order valence-electron chi connectivity index (χ3n) is 4.04. The Morgan fingerprint density at radius 1 is 1.08 bits per heavy atom. The number of aromatic nitrogens is 2. The van der Waals surface area contributed by atoms with Crippen LogP contribution in [0, 0.1) is 0 Å². The zero-order valence-electron chi connectivity index (χ0n) is 13.4. The zero-order valence-corrected chi connectivity index (χ0v) is 14.2. The molecular weight excluding hydrogens is 324 g/mol. The van der Waals surface area contributed by atoms with E-state index in [1.54, 1.807) is 11.1 Å². The molecule has 0 aliphatic carbocycles. The normalized spacial score (nSPS) is 16.8. The Kier molecular flexibility index (Phi) is 5.66. The van der Waals surface area contributed by atoms with Gasteiger partial charge in [-0.2, -0.15) is 0 Å². The average Bonchev–Trinajstić information content (AvgIpc) is 2.67. The summed E-state index contributed by atoms with van der Waals surface area (Å²) in [7, 11) is -0.973. The van der Waals surface area contributed by atoms with Crippen molar-refractivity contribution in [2.75, 3.05) is 38.5 Å². The molecule has 0 radical (unpaired) electrons. The van der Waals surface area contributed by atoms with Crippen LogP contribution < -0.4 is 0 Å². The van der Waals surface area contributed by atoms with Crippen molar-refractivity contribution in [2.24, 2.45) is 0 Å². The lowest BCUT2D eigenvalue weighted by Crippen LogP contribution is -2.49. The van der Waals surface area contributed by atoms with Gasteiger partial charge in [0.1, 0.15) is 5.69 Å². The van der Waals surface area contributed by atoms with Crippen molar-refractivity contribution >= 4 is 16.7 Å². The van der Waals surface area contributed by atoms with Gasteiger partial charge in [0.15, 0.2) is 0 Å². The highest BCUT2D eigenvalue weighted by molar-refractivity contribution is 7.85. The molecule has 1 saturated heterocycles. The molecule has 2 heterocycles. The lowest BCUT2D eigenvalue weighted by molar-refractivity contribution is 0.0638. The van der Waals surface area contributed by atoms with E-state index in [0.29, 0.717) is 24.5 Å². The van der Waals surface area contributed by atoms with Crippen molar-refractivity contribution in [1.82, 2.24) is 19.8 Å². The van der Waals surface area contributed by atoms with E-state index in [2.05, 4.69) is 14.9 Å². The van der Waals surface area contributed by atoms with Gasteiger partial charge in [-0.15, -0.1) is 0 Å². The number of carbonyl (C=O) groups excluding carboxylic acids is 1. The number of hydrogen-bond donors (Lipinski definition) is 0. The van der Waals surface area contributed by atoms with Crippen molar-refractivity contribution in [2.45, 2.75) is 4.90 Å². The molecule has 1 amide bonds. The van der Waals surface area contributed by atoms with Crippen molar-refractivity contribution in [1.29, 1.82) is 0 Å². The number of rotatable bonds is 5. The zero-order chi connectivity index (χ0) is 16.8. The fourth-order valence-electron chi connectivity index (χ4n) is 2.65. The maximum atomic E-state index is 12.3. The summed E-state index contributed by atoms with van der Waals surface area (Å²) in [6, 6.07) is 9.53. The van der Waals surface area contributed by atoms with E-state index < -0.39 is 10.8 Å². The Morgan fingerprint density at radius 3 is 2.50 bits per heavy atom. The lowest BCUT2D eigenvalue weighted by Gasteiger charge is -2.34. The summed E-state index contributed by atoms with van der Waals surface area (Å²) >= 11 is 0. The molecule has 0 N–H and O–H groups in total. The smallest absolute Gasteiger partial charge is 0.274 e. The standard InChI is InChI=1S/C17H20N4O2S/c22-17(16-14-18-6-7-19-16)21-10-8-20(9-11-21)12-13-24(23)15-4-2-1-3-5-15/h1-7,14H,8-13H2. The second-order valence-corrected chi connectivity index (χ2v) is 7.16. The summed E-state index contributed by atoms with van der Waals surface area (Å²) in [6.07, 6.45) is 4.58. The molecule has 1 unspecified atom stereocenters. The van der Waals surface area contributed by atoms with Crippen molar-refractivity contribution in [3.05, 3.63) is 54.6 Å². The van der Waals surface area contributed by atoms with E-state index in [1.807, 2.05) is 30.3 Å². The largest absolute Gasteiger partial charge is 0.335 e. The average molecular weight is 344 g/mol. The number of piperazine rings is 1. The van der Waals surface area contributed by atoms with E-state index in [4.69, 9.17) is 0 Å². The topological polar surface area (TPSA) is 66.4 Å². The maximum absolute atomic E-state index is 12.3. The van der Waals surface area contributed by atoms with E-state index in [9.17, 15) is 9.00 Å². The Morgan fingerprint density at radius 2 is 1.83 bits per heavy atom. The molecule has 6 nitrogen and oxygen atoms in total. The number of carbonyl (C=O) groups is 1. The van der Waals surface area contributed by atoms with Crippen LogP contribution >= 0.6 is 0 Å². The molecule has 0 bridgehead atoms. The number of nitrogens with zero attached hydrogens (tertiary/aromatic N) is 4. The molecule has 0 spiro atoms. The SMILES string of the molecule is O=C(c1cnccn1)N1CCN(CCS(=O)c2ccccc2)CC1. The number of hydrogen-bond acceptors (Lipinski definition) is 5. The minimum absolute atomic E-state index is 0.0735. The minimum Gasteiger partial charge on any atom is -0.335 e.